The molecule has 1 aliphatic heterocycles. The second-order valence-electron chi connectivity index (χ2n) is 4.88. The van der Waals surface area contributed by atoms with E-state index in [1.54, 1.807) is 12.4 Å². The molecule has 1 fully saturated rings. The van der Waals surface area contributed by atoms with E-state index in [0.29, 0.717) is 11.7 Å². The zero-order valence-electron chi connectivity index (χ0n) is 11.0. The topological polar surface area (TPSA) is 67.1 Å². The van der Waals surface area contributed by atoms with Crippen molar-refractivity contribution in [2.24, 2.45) is 0 Å². The minimum Gasteiger partial charge on any atom is -0.390 e. The third kappa shape index (κ3) is 2.83. The second kappa shape index (κ2) is 5.88. The quantitative estimate of drug-likeness (QED) is 0.924. The van der Waals surface area contributed by atoms with Crippen molar-refractivity contribution in [2.45, 2.75) is 25.5 Å². The van der Waals surface area contributed by atoms with Crippen LogP contribution in [0.3, 0.4) is 0 Å². The summed E-state index contributed by atoms with van der Waals surface area (Å²) in [6, 6.07) is 0.447. The molecule has 0 spiro atoms. The van der Waals surface area contributed by atoms with Crippen molar-refractivity contribution in [1.29, 1.82) is 0 Å². The number of nitrogens with zero attached hydrogens (tertiary/aromatic N) is 5. The molecule has 3 heterocycles. The van der Waals surface area contributed by atoms with Crippen LogP contribution in [0, 0.1) is 0 Å². The van der Waals surface area contributed by atoms with Crippen LogP contribution in [0.15, 0.2) is 29.3 Å². The van der Waals surface area contributed by atoms with E-state index in [0.717, 1.165) is 36.2 Å². The fraction of sp³-hybridized carbons (Fsp3) is 0.462. The molecule has 1 aliphatic rings. The van der Waals surface area contributed by atoms with Gasteiger partial charge in [0.1, 0.15) is 5.82 Å². The van der Waals surface area contributed by atoms with Gasteiger partial charge in [0.15, 0.2) is 0 Å². The van der Waals surface area contributed by atoms with Crippen LogP contribution < -0.4 is 4.90 Å². The zero-order chi connectivity index (χ0) is 13.9. The molecule has 20 heavy (non-hydrogen) atoms. The minimum atomic E-state index is -0.0659. The molecule has 2 aromatic rings. The zero-order valence-corrected chi connectivity index (χ0v) is 12.6. The molecule has 2 aromatic heterocycles. The van der Waals surface area contributed by atoms with Crippen molar-refractivity contribution in [2.75, 3.05) is 18.0 Å². The largest absolute Gasteiger partial charge is 0.390 e. The Kier molecular flexibility index (Phi) is 3.98. The molecule has 0 radical (unpaired) electrons. The second-order valence-corrected chi connectivity index (χ2v) is 5.80. The summed E-state index contributed by atoms with van der Waals surface area (Å²) in [5, 5.41) is 13.3. The van der Waals surface area contributed by atoms with Gasteiger partial charge in [0.25, 0.3) is 0 Å². The summed E-state index contributed by atoms with van der Waals surface area (Å²) in [4.78, 5) is 10.7. The average Bonchev–Trinajstić information content (AvgIpc) is 2.94. The maximum absolute atomic E-state index is 8.97. The van der Waals surface area contributed by atoms with Crippen LogP contribution in [0.25, 0.3) is 0 Å². The standard InChI is InChI=1S/C13H16BrN5O/c14-10-5-17-19(8-10)12-1-3-18(4-2-12)13-7-15-11(9-20)6-16-13/h5-8,12,20H,1-4,9H2. The molecule has 0 unspecified atom stereocenters. The Hall–Kier alpha value is -1.47. The van der Waals surface area contributed by atoms with Gasteiger partial charge < -0.3 is 10.0 Å². The fourth-order valence-electron chi connectivity index (χ4n) is 2.47. The first kappa shape index (κ1) is 13.5. The normalized spacial score (nSPS) is 16.6. The van der Waals surface area contributed by atoms with E-state index in [4.69, 9.17) is 5.11 Å². The van der Waals surface area contributed by atoms with E-state index >= 15 is 0 Å². The summed E-state index contributed by atoms with van der Waals surface area (Å²) in [7, 11) is 0. The van der Waals surface area contributed by atoms with Gasteiger partial charge in [0.2, 0.25) is 0 Å². The molecule has 1 N–H and O–H groups in total. The van der Waals surface area contributed by atoms with Gasteiger partial charge in [-0.05, 0) is 28.8 Å². The van der Waals surface area contributed by atoms with Crippen LogP contribution in [-0.2, 0) is 6.61 Å². The number of aromatic nitrogens is 4. The maximum atomic E-state index is 8.97. The molecule has 0 bridgehead atoms. The average molecular weight is 338 g/mol. The molecule has 0 saturated carbocycles. The van der Waals surface area contributed by atoms with E-state index in [1.165, 1.54) is 0 Å². The Bertz CT molecular complexity index is 562. The molecule has 6 nitrogen and oxygen atoms in total. The minimum absolute atomic E-state index is 0.0659. The highest BCUT2D eigenvalue weighted by Crippen LogP contribution is 2.25. The lowest BCUT2D eigenvalue weighted by Crippen LogP contribution is -2.35. The summed E-state index contributed by atoms with van der Waals surface area (Å²) >= 11 is 3.43. The highest BCUT2D eigenvalue weighted by Gasteiger charge is 2.22. The number of halogens is 1. The number of piperidine rings is 1. The fourth-order valence-corrected chi connectivity index (χ4v) is 2.77. The van der Waals surface area contributed by atoms with Crippen LogP contribution >= 0.6 is 15.9 Å². The predicted molar refractivity (Wildman–Crippen MR) is 78.4 cm³/mol. The van der Waals surface area contributed by atoms with Crippen LogP contribution in [0.1, 0.15) is 24.6 Å². The van der Waals surface area contributed by atoms with Gasteiger partial charge in [-0.1, -0.05) is 0 Å². The molecule has 0 atom stereocenters. The number of hydrogen-bond acceptors (Lipinski definition) is 5. The van der Waals surface area contributed by atoms with Gasteiger partial charge in [-0.2, -0.15) is 5.10 Å². The highest BCUT2D eigenvalue weighted by molar-refractivity contribution is 9.10. The van der Waals surface area contributed by atoms with Crippen LogP contribution in [0.4, 0.5) is 5.82 Å². The number of aliphatic hydroxyl groups is 1. The summed E-state index contributed by atoms with van der Waals surface area (Å²) in [5.41, 5.74) is 0.602. The Morgan fingerprint density at radius 2 is 2.00 bits per heavy atom. The van der Waals surface area contributed by atoms with E-state index in [1.807, 2.05) is 17.1 Å². The maximum Gasteiger partial charge on any atom is 0.147 e. The first-order chi connectivity index (χ1) is 9.76. The number of hydrogen-bond donors (Lipinski definition) is 1. The smallest absolute Gasteiger partial charge is 0.147 e. The molecule has 1 saturated heterocycles. The third-order valence-corrected chi connectivity index (χ3v) is 4.00. The van der Waals surface area contributed by atoms with E-state index in [-0.39, 0.29) is 6.61 Å². The predicted octanol–water partition coefficient (Wildman–Crippen LogP) is 1.77. The van der Waals surface area contributed by atoms with E-state index in [9.17, 15) is 0 Å². The molecule has 0 aromatic carbocycles. The van der Waals surface area contributed by atoms with Gasteiger partial charge in [-0.15, -0.1) is 0 Å². The summed E-state index contributed by atoms with van der Waals surface area (Å²) in [6.07, 6.45) is 9.29. The van der Waals surface area contributed by atoms with Crippen LogP contribution in [0.2, 0.25) is 0 Å². The molecular weight excluding hydrogens is 322 g/mol. The van der Waals surface area contributed by atoms with Crippen LogP contribution in [-0.4, -0.2) is 37.9 Å². The lowest BCUT2D eigenvalue weighted by molar-refractivity contribution is 0.276. The van der Waals surface area contributed by atoms with Crippen molar-refractivity contribution in [1.82, 2.24) is 19.7 Å². The van der Waals surface area contributed by atoms with Crippen molar-refractivity contribution in [3.63, 3.8) is 0 Å². The molecular formula is C13H16BrN5O. The molecule has 3 rings (SSSR count). The Morgan fingerprint density at radius 1 is 1.20 bits per heavy atom. The van der Waals surface area contributed by atoms with Gasteiger partial charge in [0, 0.05) is 19.3 Å². The molecule has 106 valence electrons. The third-order valence-electron chi connectivity index (χ3n) is 3.59. The Morgan fingerprint density at radius 3 is 2.55 bits per heavy atom. The lowest BCUT2D eigenvalue weighted by atomic mass is 10.1. The van der Waals surface area contributed by atoms with Crippen molar-refractivity contribution in [3.05, 3.63) is 35.0 Å². The molecule has 0 amide bonds. The Labute approximate surface area is 125 Å². The Balaban J connectivity index is 1.63. The van der Waals surface area contributed by atoms with Gasteiger partial charge in [-0.3, -0.25) is 9.67 Å². The molecule has 0 aliphatic carbocycles. The first-order valence-electron chi connectivity index (χ1n) is 6.62. The highest BCUT2D eigenvalue weighted by atomic mass is 79.9. The summed E-state index contributed by atoms with van der Waals surface area (Å²) < 4.78 is 3.05. The van der Waals surface area contributed by atoms with E-state index < -0.39 is 0 Å². The summed E-state index contributed by atoms with van der Waals surface area (Å²) in [5.74, 6) is 0.877. The monoisotopic (exact) mass is 337 g/mol. The van der Waals surface area contributed by atoms with E-state index in [2.05, 4.69) is 35.9 Å². The SMILES string of the molecule is OCc1cnc(N2CCC(n3cc(Br)cn3)CC2)cn1. The van der Waals surface area contributed by atoms with Gasteiger partial charge in [-0.25, -0.2) is 4.98 Å². The van der Waals surface area contributed by atoms with Crippen molar-refractivity contribution < 1.29 is 5.11 Å². The summed E-state index contributed by atoms with van der Waals surface area (Å²) in [6.45, 7) is 1.81. The number of rotatable bonds is 3. The lowest BCUT2D eigenvalue weighted by Gasteiger charge is -2.32. The first-order valence-corrected chi connectivity index (χ1v) is 7.42. The molecule has 7 heteroatoms. The number of aliphatic hydroxyl groups excluding tert-OH is 1. The van der Waals surface area contributed by atoms with Crippen molar-refractivity contribution in [3.8, 4) is 0 Å². The van der Waals surface area contributed by atoms with Crippen molar-refractivity contribution >= 4 is 21.7 Å². The van der Waals surface area contributed by atoms with Gasteiger partial charge in [0.05, 0.1) is 41.4 Å². The number of anilines is 1. The van der Waals surface area contributed by atoms with Gasteiger partial charge >= 0.3 is 0 Å². The van der Waals surface area contributed by atoms with Crippen LogP contribution in [0.5, 0.6) is 0 Å².